The third-order valence-corrected chi connectivity index (χ3v) is 5.73. The predicted octanol–water partition coefficient (Wildman–Crippen LogP) is 3.56. The van der Waals surface area contributed by atoms with Crippen molar-refractivity contribution in [1.29, 1.82) is 0 Å². The number of hydrogen-bond donors (Lipinski definition) is 2. The van der Waals surface area contributed by atoms with Gasteiger partial charge in [0, 0.05) is 28.9 Å². The Morgan fingerprint density at radius 1 is 1.20 bits per heavy atom. The number of ether oxygens (including phenoxy) is 1. The van der Waals surface area contributed by atoms with Gasteiger partial charge in [-0.2, -0.15) is 8.42 Å². The number of nitrogens with zero attached hydrogens (tertiary/aromatic N) is 1. The van der Waals surface area contributed by atoms with Gasteiger partial charge in [-0.25, -0.2) is 0 Å². The van der Waals surface area contributed by atoms with Gasteiger partial charge >= 0.3 is 9.15 Å². The van der Waals surface area contributed by atoms with Crippen LogP contribution in [0.5, 0.6) is 5.75 Å². The summed E-state index contributed by atoms with van der Waals surface area (Å²) in [5.74, 6) is 1.14. The molecule has 1 aromatic carbocycles. The summed E-state index contributed by atoms with van der Waals surface area (Å²) < 4.78 is 35.5. The molecule has 0 aliphatic carbocycles. The highest BCUT2D eigenvalue weighted by atomic mass is 35.5. The average molecular weight is 405 g/mol. The molecule has 6 nitrogen and oxygen atoms in total. The SMILES string of the molecule is O=S(=O)(O)SCCNCCCCCOc1ccnc2cc(Cl)ccc12. The van der Waals surface area contributed by atoms with Crippen molar-refractivity contribution in [1.82, 2.24) is 10.3 Å². The standard InChI is InChI=1S/C16H21ClN2O4S2/c17-13-4-5-14-15(12-13)19-8-6-16(14)23-10-3-1-2-7-18-9-11-24-25(20,21)22/h4-6,8,12,18H,1-3,7,9-11H2,(H,20,21,22). The number of nitrogens with one attached hydrogen (secondary N) is 1. The first kappa shape index (κ1) is 20.3. The maximum Gasteiger partial charge on any atom is 0.319 e. The molecular weight excluding hydrogens is 384 g/mol. The van der Waals surface area contributed by atoms with E-state index in [9.17, 15) is 8.42 Å². The van der Waals surface area contributed by atoms with Crippen molar-refractivity contribution in [3.8, 4) is 5.75 Å². The predicted molar refractivity (Wildman–Crippen MR) is 103 cm³/mol. The third-order valence-electron chi connectivity index (χ3n) is 3.43. The fourth-order valence-electron chi connectivity index (χ4n) is 2.28. The lowest BCUT2D eigenvalue weighted by molar-refractivity contribution is 0.308. The van der Waals surface area contributed by atoms with Gasteiger partial charge in [0.15, 0.2) is 0 Å². The van der Waals surface area contributed by atoms with Crippen molar-refractivity contribution >= 4 is 42.4 Å². The zero-order chi connectivity index (χ0) is 18.1. The van der Waals surface area contributed by atoms with E-state index in [0.717, 1.165) is 42.5 Å². The van der Waals surface area contributed by atoms with E-state index in [2.05, 4.69) is 10.3 Å². The zero-order valence-corrected chi connectivity index (χ0v) is 16.0. The van der Waals surface area contributed by atoms with E-state index in [1.165, 1.54) is 0 Å². The highest BCUT2D eigenvalue weighted by Gasteiger charge is 2.04. The van der Waals surface area contributed by atoms with Crippen molar-refractivity contribution in [3.63, 3.8) is 0 Å². The fourth-order valence-corrected chi connectivity index (χ4v) is 3.76. The highest BCUT2D eigenvalue weighted by Crippen LogP contribution is 2.26. The number of hydrogen-bond acceptors (Lipinski definition) is 6. The lowest BCUT2D eigenvalue weighted by Crippen LogP contribution is -2.19. The summed E-state index contributed by atoms with van der Waals surface area (Å²) >= 11 is 5.97. The van der Waals surface area contributed by atoms with Crippen LogP contribution in [0, 0.1) is 0 Å². The summed E-state index contributed by atoms with van der Waals surface area (Å²) in [6.45, 7) is 1.98. The van der Waals surface area contributed by atoms with Gasteiger partial charge in [-0.05, 0) is 60.9 Å². The number of unbranched alkanes of at least 4 members (excludes halogenated alkanes) is 2. The van der Waals surface area contributed by atoms with Crippen LogP contribution in [-0.2, 0) is 9.15 Å². The monoisotopic (exact) mass is 404 g/mol. The normalized spacial score (nSPS) is 11.8. The molecule has 0 spiro atoms. The molecular formula is C16H21ClN2O4S2. The molecule has 138 valence electrons. The van der Waals surface area contributed by atoms with Crippen molar-refractivity contribution in [2.75, 3.05) is 25.4 Å². The molecule has 2 rings (SSSR count). The Balaban J connectivity index is 1.59. The maximum absolute atomic E-state index is 10.5. The largest absolute Gasteiger partial charge is 0.493 e. The Morgan fingerprint density at radius 3 is 2.84 bits per heavy atom. The van der Waals surface area contributed by atoms with Gasteiger partial charge in [0.05, 0.1) is 12.1 Å². The van der Waals surface area contributed by atoms with Gasteiger partial charge in [-0.15, -0.1) is 0 Å². The minimum Gasteiger partial charge on any atom is -0.493 e. The van der Waals surface area contributed by atoms with Crippen LogP contribution in [0.4, 0.5) is 0 Å². The Morgan fingerprint density at radius 2 is 2.04 bits per heavy atom. The summed E-state index contributed by atoms with van der Waals surface area (Å²) in [5.41, 5.74) is 0.817. The van der Waals surface area contributed by atoms with Crippen molar-refractivity contribution < 1.29 is 17.7 Å². The van der Waals surface area contributed by atoms with Gasteiger partial charge in [0.2, 0.25) is 0 Å². The van der Waals surface area contributed by atoms with Crippen LogP contribution in [0.2, 0.25) is 5.02 Å². The third kappa shape index (κ3) is 7.79. The lowest BCUT2D eigenvalue weighted by atomic mass is 10.2. The second-order valence-corrected chi connectivity index (χ2v) is 9.29. The lowest BCUT2D eigenvalue weighted by Gasteiger charge is -2.09. The molecule has 0 saturated carbocycles. The molecule has 1 heterocycles. The van der Waals surface area contributed by atoms with Crippen LogP contribution in [-0.4, -0.2) is 43.4 Å². The molecule has 0 saturated heterocycles. The molecule has 2 N–H and O–H groups in total. The first-order valence-corrected chi connectivity index (χ1v) is 11.3. The number of benzene rings is 1. The molecule has 0 bridgehead atoms. The number of fused-ring (bicyclic) bond motifs is 1. The Bertz CT molecular complexity index is 787. The van der Waals surface area contributed by atoms with E-state index < -0.39 is 9.15 Å². The Kier molecular flexibility index (Phi) is 8.25. The highest BCUT2D eigenvalue weighted by molar-refractivity contribution is 8.69. The van der Waals surface area contributed by atoms with E-state index in [1.54, 1.807) is 6.20 Å². The van der Waals surface area contributed by atoms with Crippen molar-refractivity contribution in [2.24, 2.45) is 0 Å². The summed E-state index contributed by atoms with van der Waals surface area (Å²) in [5, 5.41) is 4.74. The maximum atomic E-state index is 10.5. The summed E-state index contributed by atoms with van der Waals surface area (Å²) in [6.07, 6.45) is 4.63. The molecule has 0 atom stereocenters. The van der Waals surface area contributed by atoms with Gasteiger partial charge < -0.3 is 10.1 Å². The summed E-state index contributed by atoms with van der Waals surface area (Å²) in [7, 11) is -3.39. The molecule has 1 aromatic heterocycles. The van der Waals surface area contributed by atoms with Crippen LogP contribution in [0.25, 0.3) is 10.9 Å². The summed E-state index contributed by atoms with van der Waals surface area (Å²) in [4.78, 5) is 4.28. The molecule has 9 heteroatoms. The minimum atomic E-state index is -3.93. The van der Waals surface area contributed by atoms with Crippen LogP contribution < -0.4 is 10.1 Å². The van der Waals surface area contributed by atoms with Gasteiger partial charge in [0.1, 0.15) is 5.75 Å². The fraction of sp³-hybridized carbons (Fsp3) is 0.438. The van der Waals surface area contributed by atoms with Gasteiger partial charge in [-0.3, -0.25) is 9.54 Å². The van der Waals surface area contributed by atoms with E-state index in [1.807, 2.05) is 24.3 Å². The Hall–Kier alpha value is -1.06. The molecule has 0 aliphatic rings. The van der Waals surface area contributed by atoms with Crippen LogP contribution in [0.1, 0.15) is 19.3 Å². The van der Waals surface area contributed by atoms with E-state index >= 15 is 0 Å². The van der Waals surface area contributed by atoms with Crippen LogP contribution in [0.15, 0.2) is 30.5 Å². The number of aromatic nitrogens is 1. The van der Waals surface area contributed by atoms with Crippen LogP contribution >= 0.6 is 22.4 Å². The number of rotatable bonds is 11. The van der Waals surface area contributed by atoms with Crippen molar-refractivity contribution in [2.45, 2.75) is 19.3 Å². The number of pyridine rings is 1. The molecule has 0 radical (unpaired) electrons. The molecule has 0 amide bonds. The average Bonchev–Trinajstić information content (AvgIpc) is 2.55. The van der Waals surface area contributed by atoms with E-state index in [-0.39, 0.29) is 0 Å². The quantitative estimate of drug-likeness (QED) is 0.336. The van der Waals surface area contributed by atoms with E-state index in [4.69, 9.17) is 20.9 Å². The minimum absolute atomic E-state index is 0.334. The van der Waals surface area contributed by atoms with E-state index in [0.29, 0.717) is 34.7 Å². The van der Waals surface area contributed by atoms with Gasteiger partial charge in [-0.1, -0.05) is 11.6 Å². The second-order valence-electron chi connectivity index (χ2n) is 5.38. The number of halogens is 1. The molecule has 0 fully saturated rings. The second kappa shape index (κ2) is 10.2. The topological polar surface area (TPSA) is 88.5 Å². The van der Waals surface area contributed by atoms with Crippen LogP contribution in [0.3, 0.4) is 0 Å². The molecule has 2 aromatic rings. The molecule has 25 heavy (non-hydrogen) atoms. The smallest absolute Gasteiger partial charge is 0.319 e. The Labute approximate surface area is 156 Å². The summed E-state index contributed by atoms with van der Waals surface area (Å²) in [6, 6.07) is 7.40. The first-order valence-electron chi connectivity index (χ1n) is 7.95. The zero-order valence-electron chi connectivity index (χ0n) is 13.7. The molecule has 0 unspecified atom stereocenters. The first-order chi connectivity index (χ1) is 12.0. The van der Waals surface area contributed by atoms with Crippen molar-refractivity contribution in [3.05, 3.63) is 35.5 Å². The molecule has 0 aliphatic heterocycles. The van der Waals surface area contributed by atoms with Gasteiger partial charge in [0.25, 0.3) is 0 Å².